The highest BCUT2D eigenvalue weighted by Crippen LogP contribution is 2.11. The fourth-order valence-electron chi connectivity index (χ4n) is 1.96. The molecule has 6 nitrogen and oxygen atoms in total. The summed E-state index contributed by atoms with van der Waals surface area (Å²) in [5.41, 5.74) is 0.559. The number of carbonyl (C=O) groups excluding carboxylic acids is 2. The molecular formula is C13H18N4O2. The smallest absolute Gasteiger partial charge is 0.254 e. The van der Waals surface area contributed by atoms with Gasteiger partial charge in [0, 0.05) is 38.4 Å². The Balaban J connectivity index is 2.11. The summed E-state index contributed by atoms with van der Waals surface area (Å²) in [5.74, 6) is 0.525. The first-order valence-electron chi connectivity index (χ1n) is 6.35. The van der Waals surface area contributed by atoms with Crippen molar-refractivity contribution in [3.05, 3.63) is 23.9 Å². The number of likely N-dealkylation sites (N-methyl/N-ethyl adjacent to an activating group) is 1. The lowest BCUT2D eigenvalue weighted by molar-refractivity contribution is -0.133. The minimum atomic E-state index is -0.122. The summed E-state index contributed by atoms with van der Waals surface area (Å²) < 4.78 is 0. The molecule has 1 aliphatic rings. The molecule has 0 radical (unpaired) electrons. The molecule has 0 atom stereocenters. The lowest BCUT2D eigenvalue weighted by Gasteiger charge is -2.32. The van der Waals surface area contributed by atoms with Crippen LogP contribution in [0.3, 0.4) is 0 Å². The maximum absolute atomic E-state index is 12.3. The molecule has 102 valence electrons. The summed E-state index contributed by atoms with van der Waals surface area (Å²) in [4.78, 5) is 31.3. The van der Waals surface area contributed by atoms with Gasteiger partial charge in [-0.25, -0.2) is 4.98 Å². The van der Waals surface area contributed by atoms with Gasteiger partial charge in [-0.1, -0.05) is 0 Å². The highest BCUT2D eigenvalue weighted by molar-refractivity contribution is 5.97. The van der Waals surface area contributed by atoms with Crippen molar-refractivity contribution in [3.8, 4) is 0 Å². The van der Waals surface area contributed by atoms with Crippen molar-refractivity contribution < 1.29 is 9.59 Å². The summed E-state index contributed by atoms with van der Waals surface area (Å²) in [6.45, 7) is 4.01. The maximum atomic E-state index is 12.3. The van der Waals surface area contributed by atoms with Crippen LogP contribution in [0, 0.1) is 0 Å². The molecule has 1 N–H and O–H groups in total. The zero-order valence-electron chi connectivity index (χ0n) is 11.2. The van der Waals surface area contributed by atoms with Crippen molar-refractivity contribution in [3.63, 3.8) is 0 Å². The lowest BCUT2D eigenvalue weighted by Crippen LogP contribution is -2.50. The third-order valence-electron chi connectivity index (χ3n) is 3.11. The fourth-order valence-corrected chi connectivity index (χ4v) is 1.96. The van der Waals surface area contributed by atoms with E-state index in [0.29, 0.717) is 24.5 Å². The van der Waals surface area contributed by atoms with Crippen LogP contribution in [0.1, 0.15) is 17.3 Å². The number of hydrogen-bond donors (Lipinski definition) is 1. The van der Waals surface area contributed by atoms with Gasteiger partial charge in [-0.2, -0.15) is 0 Å². The highest BCUT2D eigenvalue weighted by atomic mass is 16.2. The zero-order chi connectivity index (χ0) is 13.8. The Hall–Kier alpha value is -2.11. The van der Waals surface area contributed by atoms with Crippen molar-refractivity contribution in [2.24, 2.45) is 0 Å². The normalized spacial score (nSPS) is 15.6. The Kier molecular flexibility index (Phi) is 3.99. The van der Waals surface area contributed by atoms with Crippen LogP contribution in [-0.4, -0.2) is 59.8 Å². The number of nitrogens with zero attached hydrogens (tertiary/aromatic N) is 3. The van der Waals surface area contributed by atoms with E-state index in [1.807, 2.05) is 6.92 Å². The first-order valence-corrected chi connectivity index (χ1v) is 6.35. The number of aromatic nitrogens is 1. The fraction of sp³-hybridized carbons (Fsp3) is 0.462. The molecule has 19 heavy (non-hydrogen) atoms. The van der Waals surface area contributed by atoms with E-state index < -0.39 is 0 Å². The second kappa shape index (κ2) is 5.69. The first-order chi connectivity index (χ1) is 9.11. The Labute approximate surface area is 112 Å². The summed E-state index contributed by atoms with van der Waals surface area (Å²) in [7, 11) is 1.75. The molecule has 1 saturated heterocycles. The Morgan fingerprint density at radius 3 is 2.95 bits per heavy atom. The van der Waals surface area contributed by atoms with E-state index in [9.17, 15) is 9.59 Å². The average molecular weight is 262 g/mol. The van der Waals surface area contributed by atoms with Crippen LogP contribution in [-0.2, 0) is 4.79 Å². The number of carbonyl (C=O) groups is 2. The van der Waals surface area contributed by atoms with Crippen molar-refractivity contribution in [1.82, 2.24) is 14.8 Å². The molecule has 1 aromatic heterocycles. The molecule has 0 aliphatic carbocycles. The van der Waals surface area contributed by atoms with Gasteiger partial charge in [0.2, 0.25) is 5.91 Å². The van der Waals surface area contributed by atoms with E-state index in [1.165, 1.54) is 0 Å². The molecule has 2 rings (SSSR count). The molecule has 2 heterocycles. The van der Waals surface area contributed by atoms with Gasteiger partial charge < -0.3 is 15.1 Å². The van der Waals surface area contributed by atoms with Gasteiger partial charge in [0.15, 0.2) is 0 Å². The van der Waals surface area contributed by atoms with E-state index in [2.05, 4.69) is 10.3 Å². The van der Waals surface area contributed by atoms with Gasteiger partial charge in [-0.15, -0.1) is 0 Å². The Morgan fingerprint density at radius 2 is 2.26 bits per heavy atom. The number of pyridine rings is 1. The molecular weight excluding hydrogens is 244 g/mol. The van der Waals surface area contributed by atoms with E-state index in [4.69, 9.17) is 0 Å². The molecule has 0 unspecified atom stereocenters. The summed E-state index contributed by atoms with van der Waals surface area (Å²) in [6, 6.07) is 3.39. The van der Waals surface area contributed by atoms with Crippen LogP contribution < -0.4 is 5.32 Å². The first kappa shape index (κ1) is 13.3. The topological polar surface area (TPSA) is 65.5 Å². The SMILES string of the molecule is CCNc1cc(C(=O)N2CCN(C)C(=O)C2)ccn1. The van der Waals surface area contributed by atoms with Crippen LogP contribution >= 0.6 is 0 Å². The quantitative estimate of drug-likeness (QED) is 0.858. The van der Waals surface area contributed by atoms with Gasteiger partial charge >= 0.3 is 0 Å². The maximum Gasteiger partial charge on any atom is 0.254 e. The predicted octanol–water partition coefficient (Wildman–Crippen LogP) is 0.428. The summed E-state index contributed by atoms with van der Waals surface area (Å²) in [6.07, 6.45) is 1.60. The monoisotopic (exact) mass is 262 g/mol. The van der Waals surface area contributed by atoms with E-state index in [0.717, 1.165) is 6.54 Å². The molecule has 0 bridgehead atoms. The third-order valence-corrected chi connectivity index (χ3v) is 3.11. The number of hydrogen-bond acceptors (Lipinski definition) is 4. The van der Waals surface area contributed by atoms with Crippen molar-refractivity contribution in [2.45, 2.75) is 6.92 Å². The molecule has 1 aromatic rings. The molecule has 1 fully saturated rings. The van der Waals surface area contributed by atoms with E-state index in [-0.39, 0.29) is 18.4 Å². The highest BCUT2D eigenvalue weighted by Gasteiger charge is 2.25. The lowest BCUT2D eigenvalue weighted by atomic mass is 10.2. The molecule has 0 spiro atoms. The van der Waals surface area contributed by atoms with Crippen LogP contribution in [0.15, 0.2) is 18.3 Å². The van der Waals surface area contributed by atoms with Gasteiger partial charge in [-0.3, -0.25) is 9.59 Å². The number of amides is 2. The Morgan fingerprint density at radius 1 is 1.47 bits per heavy atom. The second-order valence-electron chi connectivity index (χ2n) is 4.50. The van der Waals surface area contributed by atoms with Crippen molar-refractivity contribution in [1.29, 1.82) is 0 Å². The van der Waals surface area contributed by atoms with Crippen LogP contribution in [0.4, 0.5) is 5.82 Å². The molecule has 2 amide bonds. The van der Waals surface area contributed by atoms with Crippen molar-refractivity contribution in [2.75, 3.05) is 38.5 Å². The molecule has 1 aliphatic heterocycles. The van der Waals surface area contributed by atoms with Crippen molar-refractivity contribution >= 4 is 17.6 Å². The van der Waals surface area contributed by atoms with Gasteiger partial charge in [0.25, 0.3) is 5.91 Å². The number of anilines is 1. The van der Waals surface area contributed by atoms with Gasteiger partial charge in [0.1, 0.15) is 12.4 Å². The average Bonchev–Trinajstić information content (AvgIpc) is 2.42. The molecule has 0 saturated carbocycles. The predicted molar refractivity (Wildman–Crippen MR) is 71.9 cm³/mol. The van der Waals surface area contributed by atoms with Crippen LogP contribution in [0.25, 0.3) is 0 Å². The number of piperazine rings is 1. The summed E-state index contributed by atoms with van der Waals surface area (Å²) in [5, 5.41) is 3.06. The molecule has 6 heteroatoms. The largest absolute Gasteiger partial charge is 0.370 e. The van der Waals surface area contributed by atoms with E-state index in [1.54, 1.807) is 35.2 Å². The zero-order valence-corrected chi connectivity index (χ0v) is 11.2. The van der Waals surface area contributed by atoms with Crippen LogP contribution in [0.2, 0.25) is 0 Å². The molecule has 0 aromatic carbocycles. The number of nitrogens with one attached hydrogen (secondary N) is 1. The van der Waals surface area contributed by atoms with Gasteiger partial charge in [-0.05, 0) is 19.1 Å². The third kappa shape index (κ3) is 3.01. The van der Waals surface area contributed by atoms with Gasteiger partial charge in [0.05, 0.1) is 0 Å². The van der Waals surface area contributed by atoms with E-state index >= 15 is 0 Å². The second-order valence-corrected chi connectivity index (χ2v) is 4.50. The number of rotatable bonds is 3. The summed E-state index contributed by atoms with van der Waals surface area (Å²) >= 11 is 0. The standard InChI is InChI=1S/C13H18N4O2/c1-3-14-11-8-10(4-5-15-11)13(19)17-7-6-16(2)12(18)9-17/h4-5,8H,3,6-7,9H2,1-2H3,(H,14,15). The van der Waals surface area contributed by atoms with Crippen LogP contribution in [0.5, 0.6) is 0 Å². The Bertz CT molecular complexity index is 489. The minimum absolute atomic E-state index is 0.0273. The minimum Gasteiger partial charge on any atom is -0.370 e.